The Morgan fingerprint density at radius 2 is 2.06 bits per heavy atom. The van der Waals surface area contributed by atoms with Gasteiger partial charge in [-0.05, 0) is 24.0 Å². The molecule has 4 rings (SSSR count). The Morgan fingerprint density at radius 3 is 2.81 bits per heavy atom. The molecule has 0 fully saturated rings. The van der Waals surface area contributed by atoms with Gasteiger partial charge in [0.15, 0.2) is 23.4 Å². The molecule has 10 heteroatoms. The minimum absolute atomic E-state index is 0.311. The van der Waals surface area contributed by atoms with Crippen molar-refractivity contribution < 1.29 is 19.0 Å². The molecule has 0 radical (unpaired) electrons. The van der Waals surface area contributed by atoms with Crippen molar-refractivity contribution in [3.05, 3.63) is 46.4 Å². The monoisotopic (exact) mass is 502 g/mol. The van der Waals surface area contributed by atoms with Crippen molar-refractivity contribution in [1.82, 2.24) is 15.2 Å². The predicted molar refractivity (Wildman–Crippen MR) is 121 cm³/mol. The second-order valence-electron chi connectivity index (χ2n) is 6.49. The van der Waals surface area contributed by atoms with E-state index in [0.29, 0.717) is 32.7 Å². The molecule has 0 spiro atoms. The molecule has 0 saturated carbocycles. The zero-order valence-corrected chi connectivity index (χ0v) is 19.4. The number of anilines is 1. The number of hydrogen-bond acceptors (Lipinski definition) is 9. The van der Waals surface area contributed by atoms with Gasteiger partial charge in [-0.1, -0.05) is 52.8 Å². The highest BCUT2D eigenvalue weighted by Gasteiger charge is 2.28. The maximum Gasteiger partial charge on any atom is 0.308 e. The highest BCUT2D eigenvalue weighted by molar-refractivity contribution is 9.10. The number of halogens is 1. The summed E-state index contributed by atoms with van der Waals surface area (Å²) >= 11 is 5.05. The third-order valence-electron chi connectivity index (χ3n) is 4.43. The first-order chi connectivity index (χ1) is 15.0. The van der Waals surface area contributed by atoms with Crippen LogP contribution in [0.5, 0.6) is 17.4 Å². The number of benzene rings is 2. The number of carbonyl (C=O) groups is 1. The number of para-hydroxylation sites is 1. The minimum Gasteiger partial charge on any atom is -0.493 e. The lowest BCUT2D eigenvalue weighted by atomic mass is 10.1. The summed E-state index contributed by atoms with van der Waals surface area (Å²) in [6, 6.07) is 11.2. The lowest BCUT2D eigenvalue weighted by Crippen LogP contribution is -2.18. The Morgan fingerprint density at radius 1 is 1.26 bits per heavy atom. The van der Waals surface area contributed by atoms with Gasteiger partial charge in [-0.3, -0.25) is 4.79 Å². The molecule has 0 bridgehead atoms. The maximum atomic E-state index is 11.4. The van der Waals surface area contributed by atoms with E-state index in [1.165, 1.54) is 25.8 Å². The number of ether oxygens (including phenoxy) is 3. The maximum absolute atomic E-state index is 11.4. The first-order valence-corrected chi connectivity index (χ1v) is 11.2. The molecule has 1 N–H and O–H groups in total. The van der Waals surface area contributed by atoms with Crippen molar-refractivity contribution in [3.8, 4) is 28.6 Å². The van der Waals surface area contributed by atoms with Gasteiger partial charge in [-0.15, -0.1) is 10.2 Å². The van der Waals surface area contributed by atoms with Crippen LogP contribution in [0.2, 0.25) is 0 Å². The molecule has 8 nitrogen and oxygen atoms in total. The Labute approximate surface area is 191 Å². The Bertz CT molecular complexity index is 1140. The van der Waals surface area contributed by atoms with Crippen LogP contribution < -0.4 is 19.5 Å². The fourth-order valence-corrected chi connectivity index (χ4v) is 4.16. The third kappa shape index (κ3) is 4.45. The third-order valence-corrected chi connectivity index (χ3v) is 5.83. The molecule has 0 amide bonds. The Hall–Kier alpha value is -2.85. The molecule has 160 valence electrons. The van der Waals surface area contributed by atoms with Crippen LogP contribution in [0.4, 0.5) is 5.69 Å². The van der Waals surface area contributed by atoms with Gasteiger partial charge in [-0.25, -0.2) is 0 Å². The van der Waals surface area contributed by atoms with Crippen LogP contribution in [0.25, 0.3) is 11.3 Å². The quantitative estimate of drug-likeness (QED) is 0.298. The normalized spacial score (nSPS) is 14.4. The van der Waals surface area contributed by atoms with Crippen LogP contribution in [0.3, 0.4) is 0 Å². The van der Waals surface area contributed by atoms with Gasteiger partial charge < -0.3 is 19.5 Å². The van der Waals surface area contributed by atoms with E-state index in [0.717, 1.165) is 22.6 Å². The topological polar surface area (TPSA) is 95.5 Å². The van der Waals surface area contributed by atoms with Gasteiger partial charge >= 0.3 is 5.97 Å². The average Bonchev–Trinajstić information content (AvgIpc) is 2.90. The molecule has 1 aliphatic rings. The van der Waals surface area contributed by atoms with Crippen molar-refractivity contribution in [2.75, 3.05) is 18.2 Å². The molecule has 1 atom stereocenters. The number of rotatable bonds is 5. The highest BCUT2D eigenvalue weighted by atomic mass is 79.9. The average molecular weight is 503 g/mol. The summed E-state index contributed by atoms with van der Waals surface area (Å²) in [6.45, 7) is 3.36. The second kappa shape index (κ2) is 9.11. The summed E-state index contributed by atoms with van der Waals surface area (Å²) < 4.78 is 17.6. The van der Waals surface area contributed by atoms with E-state index < -0.39 is 12.2 Å². The highest BCUT2D eigenvalue weighted by Crippen LogP contribution is 2.43. The lowest BCUT2D eigenvalue weighted by molar-refractivity contribution is -0.132. The standard InChI is InChI=1S/C21H19BrN4O4S/c1-4-31-21-24-20-18(25-26-21)12-7-5-6-8-15(12)23-19(30-20)13-9-16(28-3)17(10-14(13)22)29-11(2)27/h5-10,19,23H,4H2,1-3H3/t19-/m1/s1. The fraction of sp³-hybridized carbons (Fsp3) is 0.238. The zero-order valence-electron chi connectivity index (χ0n) is 17.0. The molecular weight excluding hydrogens is 484 g/mol. The van der Waals surface area contributed by atoms with Gasteiger partial charge in [0.05, 0.1) is 7.11 Å². The zero-order chi connectivity index (χ0) is 22.0. The summed E-state index contributed by atoms with van der Waals surface area (Å²) in [6.07, 6.45) is -0.617. The molecule has 0 unspecified atom stereocenters. The summed E-state index contributed by atoms with van der Waals surface area (Å²) in [7, 11) is 1.51. The van der Waals surface area contributed by atoms with E-state index in [9.17, 15) is 4.79 Å². The van der Waals surface area contributed by atoms with Crippen molar-refractivity contribution >= 4 is 39.3 Å². The van der Waals surface area contributed by atoms with Gasteiger partial charge in [0, 0.05) is 28.2 Å². The van der Waals surface area contributed by atoms with Gasteiger partial charge in [-0.2, -0.15) is 4.98 Å². The first kappa shape index (κ1) is 21.4. The molecule has 0 aliphatic carbocycles. The number of nitrogens with one attached hydrogen (secondary N) is 1. The van der Waals surface area contributed by atoms with E-state index in [1.807, 2.05) is 31.2 Å². The number of methoxy groups -OCH3 is 1. The number of esters is 1. The van der Waals surface area contributed by atoms with Crippen LogP contribution in [0.1, 0.15) is 25.6 Å². The first-order valence-electron chi connectivity index (χ1n) is 9.46. The second-order valence-corrected chi connectivity index (χ2v) is 8.57. The largest absolute Gasteiger partial charge is 0.493 e. The summed E-state index contributed by atoms with van der Waals surface area (Å²) in [4.78, 5) is 16.0. The number of nitrogens with zero attached hydrogens (tertiary/aromatic N) is 3. The fourth-order valence-electron chi connectivity index (χ4n) is 3.12. The van der Waals surface area contributed by atoms with Crippen LogP contribution >= 0.6 is 27.7 Å². The van der Waals surface area contributed by atoms with E-state index in [-0.39, 0.29) is 0 Å². The number of thioether (sulfide) groups is 1. The molecular formula is C21H19BrN4O4S. The van der Waals surface area contributed by atoms with Gasteiger partial charge in [0.2, 0.25) is 11.0 Å². The summed E-state index contributed by atoms with van der Waals surface area (Å²) in [5.41, 5.74) is 2.96. The molecule has 1 aliphatic heterocycles. The lowest BCUT2D eigenvalue weighted by Gasteiger charge is -2.22. The number of carbonyl (C=O) groups excluding carboxylic acids is 1. The minimum atomic E-state index is -0.617. The van der Waals surface area contributed by atoms with Crippen LogP contribution in [0.15, 0.2) is 46.0 Å². The Balaban J connectivity index is 1.82. The number of aromatic nitrogens is 3. The summed E-state index contributed by atoms with van der Waals surface area (Å²) in [5, 5.41) is 12.5. The van der Waals surface area contributed by atoms with E-state index in [2.05, 4.69) is 36.4 Å². The van der Waals surface area contributed by atoms with Gasteiger partial charge in [0.1, 0.15) is 0 Å². The van der Waals surface area contributed by atoms with E-state index in [1.54, 1.807) is 12.1 Å². The van der Waals surface area contributed by atoms with Gasteiger partial charge in [0.25, 0.3) is 0 Å². The van der Waals surface area contributed by atoms with E-state index in [4.69, 9.17) is 14.2 Å². The van der Waals surface area contributed by atoms with Crippen molar-refractivity contribution in [1.29, 1.82) is 0 Å². The number of hydrogen-bond donors (Lipinski definition) is 1. The SMILES string of the molecule is CCSc1nnc2c(n1)O[C@H](c1cc(OC)c(OC(C)=O)cc1Br)Nc1ccccc1-2. The summed E-state index contributed by atoms with van der Waals surface area (Å²) in [5.74, 6) is 1.47. The van der Waals surface area contributed by atoms with Crippen LogP contribution in [0, 0.1) is 0 Å². The molecule has 3 aromatic rings. The Kier molecular flexibility index (Phi) is 6.28. The molecule has 2 aromatic carbocycles. The molecule has 1 aromatic heterocycles. The molecule has 2 heterocycles. The smallest absolute Gasteiger partial charge is 0.308 e. The van der Waals surface area contributed by atoms with Crippen molar-refractivity contribution in [3.63, 3.8) is 0 Å². The van der Waals surface area contributed by atoms with Crippen LogP contribution in [-0.4, -0.2) is 34.0 Å². The predicted octanol–water partition coefficient (Wildman–Crippen LogP) is 4.85. The number of fused-ring (bicyclic) bond motifs is 3. The molecule has 31 heavy (non-hydrogen) atoms. The van der Waals surface area contributed by atoms with E-state index >= 15 is 0 Å². The van der Waals surface area contributed by atoms with Crippen molar-refractivity contribution in [2.45, 2.75) is 25.2 Å². The van der Waals surface area contributed by atoms with Crippen molar-refractivity contribution in [2.24, 2.45) is 0 Å². The van der Waals surface area contributed by atoms with Crippen LogP contribution in [-0.2, 0) is 4.79 Å². The molecule has 0 saturated heterocycles.